The summed E-state index contributed by atoms with van der Waals surface area (Å²) < 4.78 is 4.40. The average molecular weight is 213 g/mol. The first-order chi connectivity index (χ1) is 6.63. The maximum absolute atomic E-state index is 10.8. The maximum Gasteiger partial charge on any atom is 0.330 e. The Morgan fingerprint density at radius 2 is 2.29 bits per heavy atom. The van der Waals surface area contributed by atoms with E-state index >= 15 is 0 Å². The Morgan fingerprint density at radius 1 is 1.57 bits per heavy atom. The maximum atomic E-state index is 10.8. The Labute approximate surface area is 86.6 Å². The third-order valence-electron chi connectivity index (χ3n) is 1.59. The summed E-state index contributed by atoms with van der Waals surface area (Å²) in [7, 11) is 1.28. The van der Waals surface area contributed by atoms with Crippen molar-refractivity contribution in [1.29, 1.82) is 0 Å². The van der Waals surface area contributed by atoms with Crippen LogP contribution >= 0.6 is 11.6 Å². The normalized spacial score (nSPS) is 10.4. The minimum absolute atomic E-state index is 0.0644. The van der Waals surface area contributed by atoms with Crippen LogP contribution in [0.3, 0.4) is 0 Å². The standard InChI is InChI=1S/C10H9ClO3/c1-14-10(13)5-2-7-6-8(11)3-4-9(7)12/h2-6,12H,1H3/b5-2+. The molecule has 1 N–H and O–H groups in total. The molecule has 0 fully saturated rings. The Morgan fingerprint density at radius 3 is 2.93 bits per heavy atom. The van der Waals surface area contributed by atoms with Crippen molar-refractivity contribution in [2.24, 2.45) is 0 Å². The third kappa shape index (κ3) is 2.78. The topological polar surface area (TPSA) is 46.5 Å². The summed E-state index contributed by atoms with van der Waals surface area (Å²) in [4.78, 5) is 10.8. The SMILES string of the molecule is COC(=O)/C=C/c1cc(Cl)ccc1O. The van der Waals surface area contributed by atoms with Crippen molar-refractivity contribution in [3.63, 3.8) is 0 Å². The van der Waals surface area contributed by atoms with Crippen LogP contribution in [0.25, 0.3) is 6.08 Å². The summed E-state index contributed by atoms with van der Waals surface area (Å²) in [6.45, 7) is 0. The lowest BCUT2D eigenvalue weighted by Crippen LogP contribution is -1.93. The number of rotatable bonds is 2. The van der Waals surface area contributed by atoms with Crippen LogP contribution in [0.2, 0.25) is 5.02 Å². The minimum Gasteiger partial charge on any atom is -0.507 e. The Bertz CT molecular complexity index is 372. The van der Waals surface area contributed by atoms with Crippen molar-refractivity contribution < 1.29 is 14.6 Å². The van der Waals surface area contributed by atoms with Crippen molar-refractivity contribution in [2.75, 3.05) is 7.11 Å². The third-order valence-corrected chi connectivity index (χ3v) is 1.82. The average Bonchev–Trinajstić information content (AvgIpc) is 2.19. The zero-order valence-corrected chi connectivity index (χ0v) is 8.28. The molecule has 4 heteroatoms. The quantitative estimate of drug-likeness (QED) is 0.604. The Hall–Kier alpha value is -1.48. The van der Waals surface area contributed by atoms with Gasteiger partial charge in [-0.1, -0.05) is 11.6 Å². The fourth-order valence-electron chi connectivity index (χ4n) is 0.885. The monoisotopic (exact) mass is 212 g/mol. The van der Waals surface area contributed by atoms with E-state index in [9.17, 15) is 9.90 Å². The number of esters is 1. The van der Waals surface area contributed by atoms with E-state index in [-0.39, 0.29) is 5.75 Å². The van der Waals surface area contributed by atoms with E-state index in [0.29, 0.717) is 10.6 Å². The molecule has 1 aromatic rings. The summed E-state index contributed by atoms with van der Waals surface area (Å²) in [5.74, 6) is -0.418. The van der Waals surface area contributed by atoms with E-state index in [4.69, 9.17) is 11.6 Å². The second kappa shape index (κ2) is 4.67. The number of benzene rings is 1. The molecule has 0 aliphatic rings. The van der Waals surface area contributed by atoms with Gasteiger partial charge in [0.1, 0.15) is 5.75 Å². The zero-order chi connectivity index (χ0) is 10.6. The number of carbonyl (C=O) groups excluding carboxylic acids is 1. The molecule has 0 saturated carbocycles. The van der Waals surface area contributed by atoms with Crippen molar-refractivity contribution in [1.82, 2.24) is 0 Å². The van der Waals surface area contributed by atoms with E-state index in [1.165, 1.54) is 25.3 Å². The highest BCUT2D eigenvalue weighted by molar-refractivity contribution is 6.30. The molecule has 3 nitrogen and oxygen atoms in total. The molecular formula is C10H9ClO3. The molecule has 0 aliphatic heterocycles. The lowest BCUT2D eigenvalue weighted by molar-refractivity contribution is -0.134. The fourth-order valence-corrected chi connectivity index (χ4v) is 1.07. The highest BCUT2D eigenvalue weighted by Crippen LogP contribution is 2.22. The minimum atomic E-state index is -0.482. The molecule has 0 spiro atoms. The fraction of sp³-hybridized carbons (Fsp3) is 0.100. The zero-order valence-electron chi connectivity index (χ0n) is 7.53. The number of carbonyl (C=O) groups is 1. The molecule has 1 rings (SSSR count). The van der Waals surface area contributed by atoms with Crippen LogP contribution in [0.4, 0.5) is 0 Å². The van der Waals surface area contributed by atoms with Crippen molar-refractivity contribution in [3.05, 3.63) is 34.9 Å². The number of phenolic OH excluding ortho intramolecular Hbond substituents is 1. The number of ether oxygens (including phenoxy) is 1. The van der Waals surface area contributed by atoms with E-state index in [0.717, 1.165) is 0 Å². The van der Waals surface area contributed by atoms with Gasteiger partial charge in [-0.2, -0.15) is 0 Å². The number of hydrogen-bond donors (Lipinski definition) is 1. The summed E-state index contributed by atoms with van der Waals surface area (Å²) in [6, 6.07) is 4.57. The predicted octanol–water partition coefficient (Wildman–Crippen LogP) is 2.23. The number of aromatic hydroxyl groups is 1. The van der Waals surface area contributed by atoms with Crippen LogP contribution in [-0.4, -0.2) is 18.2 Å². The van der Waals surface area contributed by atoms with Gasteiger partial charge in [0.05, 0.1) is 7.11 Å². The van der Waals surface area contributed by atoms with Crippen molar-refractivity contribution >= 4 is 23.6 Å². The number of hydrogen-bond acceptors (Lipinski definition) is 3. The van der Waals surface area contributed by atoms with Gasteiger partial charge in [0.15, 0.2) is 0 Å². The van der Waals surface area contributed by atoms with Gasteiger partial charge in [-0.05, 0) is 24.3 Å². The van der Waals surface area contributed by atoms with Crippen LogP contribution < -0.4 is 0 Å². The molecular weight excluding hydrogens is 204 g/mol. The lowest BCUT2D eigenvalue weighted by Gasteiger charge is -1.98. The highest BCUT2D eigenvalue weighted by atomic mass is 35.5. The van der Waals surface area contributed by atoms with E-state index in [1.54, 1.807) is 12.1 Å². The first kappa shape index (κ1) is 10.6. The second-order valence-corrected chi connectivity index (χ2v) is 3.00. The summed E-state index contributed by atoms with van der Waals surface area (Å²) in [5, 5.41) is 9.85. The molecule has 14 heavy (non-hydrogen) atoms. The van der Waals surface area contributed by atoms with Crippen LogP contribution in [0.5, 0.6) is 5.75 Å². The molecule has 0 atom stereocenters. The predicted molar refractivity (Wildman–Crippen MR) is 54.2 cm³/mol. The van der Waals surface area contributed by atoms with Gasteiger partial charge < -0.3 is 9.84 Å². The highest BCUT2D eigenvalue weighted by Gasteiger charge is 1.99. The summed E-state index contributed by atoms with van der Waals surface area (Å²) >= 11 is 5.70. The lowest BCUT2D eigenvalue weighted by atomic mass is 10.2. The summed E-state index contributed by atoms with van der Waals surface area (Å²) in [6.07, 6.45) is 2.65. The molecule has 0 heterocycles. The molecule has 74 valence electrons. The summed E-state index contributed by atoms with van der Waals surface area (Å²) in [5.41, 5.74) is 0.475. The van der Waals surface area contributed by atoms with Gasteiger partial charge in [-0.15, -0.1) is 0 Å². The van der Waals surface area contributed by atoms with E-state index in [1.807, 2.05) is 0 Å². The molecule has 0 unspecified atom stereocenters. The Kier molecular flexibility index (Phi) is 3.54. The van der Waals surface area contributed by atoms with Gasteiger partial charge >= 0.3 is 5.97 Å². The van der Waals surface area contributed by atoms with E-state index < -0.39 is 5.97 Å². The Balaban J connectivity index is 2.90. The van der Waals surface area contributed by atoms with E-state index in [2.05, 4.69) is 4.74 Å². The number of halogens is 1. The molecule has 0 bridgehead atoms. The molecule has 0 amide bonds. The van der Waals surface area contributed by atoms with Gasteiger partial charge in [0.2, 0.25) is 0 Å². The molecule has 0 aliphatic carbocycles. The smallest absolute Gasteiger partial charge is 0.330 e. The first-order valence-electron chi connectivity index (χ1n) is 3.88. The van der Waals surface area contributed by atoms with Crippen LogP contribution in [0, 0.1) is 0 Å². The molecule has 0 saturated heterocycles. The van der Waals surface area contributed by atoms with Crippen molar-refractivity contribution in [2.45, 2.75) is 0 Å². The van der Waals surface area contributed by atoms with Crippen LogP contribution in [-0.2, 0) is 9.53 Å². The van der Waals surface area contributed by atoms with Crippen LogP contribution in [0.1, 0.15) is 5.56 Å². The number of phenols is 1. The molecule has 0 aromatic heterocycles. The molecule has 1 aromatic carbocycles. The van der Waals surface area contributed by atoms with Crippen LogP contribution in [0.15, 0.2) is 24.3 Å². The first-order valence-corrected chi connectivity index (χ1v) is 4.26. The molecule has 0 radical (unpaired) electrons. The number of methoxy groups -OCH3 is 1. The second-order valence-electron chi connectivity index (χ2n) is 2.56. The largest absolute Gasteiger partial charge is 0.507 e. The van der Waals surface area contributed by atoms with Gasteiger partial charge in [0.25, 0.3) is 0 Å². The van der Waals surface area contributed by atoms with Crippen molar-refractivity contribution in [3.8, 4) is 5.75 Å². The van der Waals surface area contributed by atoms with Gasteiger partial charge in [0, 0.05) is 16.7 Å². The van der Waals surface area contributed by atoms with Gasteiger partial charge in [-0.25, -0.2) is 4.79 Å². The van der Waals surface area contributed by atoms with Gasteiger partial charge in [-0.3, -0.25) is 0 Å².